The zero-order valence-electron chi connectivity index (χ0n) is 11.0. The second-order valence-electron chi connectivity index (χ2n) is 4.26. The van der Waals surface area contributed by atoms with Crippen molar-refractivity contribution in [3.8, 4) is 0 Å². The number of aromatic amines is 1. The molecule has 0 spiro atoms. The van der Waals surface area contributed by atoms with Crippen molar-refractivity contribution in [3.05, 3.63) is 30.6 Å². The highest BCUT2D eigenvalue weighted by atomic mass is 32.2. The lowest BCUT2D eigenvalue weighted by atomic mass is 10.4. The molecule has 20 heavy (non-hydrogen) atoms. The first kappa shape index (κ1) is 14.8. The van der Waals surface area contributed by atoms with Crippen LogP contribution >= 0.6 is 0 Å². The van der Waals surface area contributed by atoms with E-state index in [2.05, 4.69) is 16.9 Å². The van der Waals surface area contributed by atoms with Gasteiger partial charge in [-0.05, 0) is 6.07 Å². The Bertz CT molecular complexity index is 588. The predicted octanol–water partition coefficient (Wildman–Crippen LogP) is -0.0486. The van der Waals surface area contributed by atoms with E-state index in [1.807, 2.05) is 0 Å². The molecule has 0 radical (unpaired) electrons. The summed E-state index contributed by atoms with van der Waals surface area (Å²) in [5.41, 5.74) is 0.207. The van der Waals surface area contributed by atoms with Crippen molar-refractivity contribution in [2.45, 2.75) is 4.90 Å². The second-order valence-corrected chi connectivity index (χ2v) is 6.20. The minimum atomic E-state index is -3.57. The van der Waals surface area contributed by atoms with E-state index < -0.39 is 10.0 Å². The van der Waals surface area contributed by atoms with Gasteiger partial charge < -0.3 is 15.0 Å². The predicted molar refractivity (Wildman–Crippen MR) is 72.9 cm³/mol. The summed E-state index contributed by atoms with van der Waals surface area (Å²) in [7, 11) is -3.57. The molecule has 0 atom stereocenters. The number of morpholine rings is 1. The van der Waals surface area contributed by atoms with Gasteiger partial charge in [-0.1, -0.05) is 6.08 Å². The van der Waals surface area contributed by atoms with Crippen molar-refractivity contribution in [3.63, 3.8) is 0 Å². The molecule has 2 heterocycles. The molecule has 2 N–H and O–H groups in total. The second kappa shape index (κ2) is 6.21. The van der Waals surface area contributed by atoms with Crippen LogP contribution in [0.2, 0.25) is 0 Å². The van der Waals surface area contributed by atoms with Gasteiger partial charge in [0.2, 0.25) is 10.0 Å². The van der Waals surface area contributed by atoms with Gasteiger partial charge in [0.15, 0.2) is 0 Å². The molecule has 1 aromatic rings. The molecular weight excluding hydrogens is 282 g/mol. The summed E-state index contributed by atoms with van der Waals surface area (Å²) in [5.74, 6) is -0.367. The molecule has 0 aliphatic carbocycles. The van der Waals surface area contributed by atoms with E-state index >= 15 is 0 Å². The molecule has 2 rings (SSSR count). The first-order chi connectivity index (χ1) is 9.55. The zero-order valence-corrected chi connectivity index (χ0v) is 11.8. The third-order valence-electron chi connectivity index (χ3n) is 2.92. The third kappa shape index (κ3) is 3.09. The number of carbonyl (C=O) groups excluding carboxylic acids is 1. The summed E-state index contributed by atoms with van der Waals surface area (Å²) in [6, 6.07) is 1.34. The van der Waals surface area contributed by atoms with Crippen LogP contribution in [0.25, 0.3) is 0 Å². The summed E-state index contributed by atoms with van der Waals surface area (Å²) in [6.07, 6.45) is 2.87. The van der Waals surface area contributed by atoms with Crippen LogP contribution in [-0.2, 0) is 14.8 Å². The Morgan fingerprint density at radius 3 is 2.85 bits per heavy atom. The van der Waals surface area contributed by atoms with Crippen molar-refractivity contribution in [1.29, 1.82) is 0 Å². The van der Waals surface area contributed by atoms with E-state index in [4.69, 9.17) is 4.74 Å². The van der Waals surface area contributed by atoms with Crippen LogP contribution in [0.1, 0.15) is 10.5 Å². The average Bonchev–Trinajstić information content (AvgIpc) is 2.96. The number of carbonyl (C=O) groups is 1. The standard InChI is InChI=1S/C12H17N3O4S/c1-2-3-13-12(16)11-8-10(9-14-11)20(17,18)15-4-6-19-7-5-15/h2,8-9,14H,1,3-7H2,(H,13,16). The van der Waals surface area contributed by atoms with Gasteiger partial charge in [-0.2, -0.15) is 4.31 Å². The number of nitrogens with one attached hydrogen (secondary N) is 2. The zero-order chi connectivity index (χ0) is 14.6. The molecule has 0 unspecified atom stereocenters. The molecule has 1 aliphatic rings. The van der Waals surface area contributed by atoms with Gasteiger partial charge in [-0.15, -0.1) is 6.58 Å². The SMILES string of the molecule is C=CCNC(=O)c1cc(S(=O)(=O)N2CCOCC2)c[nH]1. The van der Waals surface area contributed by atoms with Crippen LogP contribution in [-0.4, -0.2) is 56.5 Å². The van der Waals surface area contributed by atoms with E-state index in [9.17, 15) is 13.2 Å². The van der Waals surface area contributed by atoms with Gasteiger partial charge in [0.05, 0.1) is 13.2 Å². The fourth-order valence-electron chi connectivity index (χ4n) is 1.85. The number of H-pyrrole nitrogens is 1. The molecule has 0 saturated carbocycles. The average molecular weight is 299 g/mol. The maximum absolute atomic E-state index is 12.3. The van der Waals surface area contributed by atoms with E-state index in [-0.39, 0.29) is 16.5 Å². The number of nitrogens with zero attached hydrogens (tertiary/aromatic N) is 1. The van der Waals surface area contributed by atoms with Gasteiger partial charge in [0, 0.05) is 25.8 Å². The summed E-state index contributed by atoms with van der Waals surface area (Å²) in [6.45, 7) is 5.24. The lowest BCUT2D eigenvalue weighted by Crippen LogP contribution is -2.40. The molecule has 1 aromatic heterocycles. The van der Waals surface area contributed by atoms with Gasteiger partial charge in [-0.3, -0.25) is 4.79 Å². The Kier molecular flexibility index (Phi) is 4.58. The number of hydrogen-bond acceptors (Lipinski definition) is 4. The van der Waals surface area contributed by atoms with Crippen LogP contribution in [0.3, 0.4) is 0 Å². The van der Waals surface area contributed by atoms with E-state index in [1.165, 1.54) is 16.6 Å². The molecule has 0 aromatic carbocycles. The van der Waals surface area contributed by atoms with E-state index in [0.29, 0.717) is 32.8 Å². The van der Waals surface area contributed by atoms with Gasteiger partial charge in [-0.25, -0.2) is 8.42 Å². The number of aromatic nitrogens is 1. The lowest BCUT2D eigenvalue weighted by Gasteiger charge is -2.25. The lowest BCUT2D eigenvalue weighted by molar-refractivity contribution is 0.0730. The molecular formula is C12H17N3O4S. The Morgan fingerprint density at radius 2 is 2.20 bits per heavy atom. The fraction of sp³-hybridized carbons (Fsp3) is 0.417. The van der Waals surface area contributed by atoms with Crippen molar-refractivity contribution < 1.29 is 17.9 Å². The topological polar surface area (TPSA) is 91.5 Å². The fourth-order valence-corrected chi connectivity index (χ4v) is 3.25. The van der Waals surface area contributed by atoms with Crippen molar-refractivity contribution in [2.24, 2.45) is 0 Å². The third-order valence-corrected chi connectivity index (χ3v) is 4.79. The van der Waals surface area contributed by atoms with Crippen LogP contribution in [0.5, 0.6) is 0 Å². The molecule has 1 amide bonds. The minimum Gasteiger partial charge on any atom is -0.379 e. The summed E-state index contributed by atoms with van der Waals surface area (Å²) >= 11 is 0. The minimum absolute atomic E-state index is 0.0863. The largest absolute Gasteiger partial charge is 0.379 e. The molecule has 0 bridgehead atoms. The Balaban J connectivity index is 2.14. The number of sulfonamides is 1. The van der Waals surface area contributed by atoms with Gasteiger partial charge in [0.1, 0.15) is 10.6 Å². The highest BCUT2D eigenvalue weighted by Gasteiger charge is 2.27. The first-order valence-corrected chi connectivity index (χ1v) is 7.65. The van der Waals surface area contributed by atoms with Gasteiger partial charge >= 0.3 is 0 Å². The number of amides is 1. The number of rotatable bonds is 5. The van der Waals surface area contributed by atoms with Crippen molar-refractivity contribution >= 4 is 15.9 Å². The Labute approximate surface area is 117 Å². The van der Waals surface area contributed by atoms with Crippen molar-refractivity contribution in [2.75, 3.05) is 32.8 Å². The van der Waals surface area contributed by atoms with E-state index in [0.717, 1.165) is 0 Å². The Morgan fingerprint density at radius 1 is 1.50 bits per heavy atom. The summed E-state index contributed by atoms with van der Waals surface area (Å²) < 4.78 is 31.2. The van der Waals surface area contributed by atoms with Crippen LogP contribution in [0, 0.1) is 0 Å². The van der Waals surface area contributed by atoms with Crippen LogP contribution < -0.4 is 5.32 Å². The molecule has 8 heteroatoms. The smallest absolute Gasteiger partial charge is 0.267 e. The maximum Gasteiger partial charge on any atom is 0.267 e. The number of hydrogen-bond donors (Lipinski definition) is 2. The molecule has 110 valence electrons. The molecule has 7 nitrogen and oxygen atoms in total. The Hall–Kier alpha value is -1.64. The molecule has 1 saturated heterocycles. The van der Waals surface area contributed by atoms with Gasteiger partial charge in [0.25, 0.3) is 5.91 Å². The first-order valence-electron chi connectivity index (χ1n) is 6.21. The van der Waals surface area contributed by atoms with Crippen LogP contribution in [0.4, 0.5) is 0 Å². The highest BCUT2D eigenvalue weighted by Crippen LogP contribution is 2.17. The van der Waals surface area contributed by atoms with E-state index in [1.54, 1.807) is 6.08 Å². The number of ether oxygens (including phenoxy) is 1. The van der Waals surface area contributed by atoms with Crippen LogP contribution in [0.15, 0.2) is 29.8 Å². The quantitative estimate of drug-likeness (QED) is 0.746. The summed E-state index contributed by atoms with van der Waals surface area (Å²) in [5, 5.41) is 2.58. The monoisotopic (exact) mass is 299 g/mol. The molecule has 1 fully saturated rings. The normalized spacial score (nSPS) is 16.8. The summed E-state index contributed by atoms with van der Waals surface area (Å²) in [4.78, 5) is 14.5. The molecule has 1 aliphatic heterocycles. The maximum atomic E-state index is 12.3. The highest BCUT2D eigenvalue weighted by molar-refractivity contribution is 7.89. The van der Waals surface area contributed by atoms with Crippen molar-refractivity contribution in [1.82, 2.24) is 14.6 Å².